The molecule has 0 spiro atoms. The molecule has 1 aromatic carbocycles. The maximum Gasteiger partial charge on any atom is 0.127 e. The maximum atomic E-state index is 9.48. The Morgan fingerprint density at radius 3 is 2.50 bits per heavy atom. The lowest BCUT2D eigenvalue weighted by molar-refractivity contribution is 0.0735. The van der Waals surface area contributed by atoms with Crippen molar-refractivity contribution in [2.24, 2.45) is 0 Å². The van der Waals surface area contributed by atoms with Crippen molar-refractivity contribution in [1.82, 2.24) is 0 Å². The van der Waals surface area contributed by atoms with Crippen molar-refractivity contribution >= 4 is 23.2 Å². The van der Waals surface area contributed by atoms with E-state index in [2.05, 4.69) is 0 Å². The second-order valence-corrected chi connectivity index (χ2v) is 6.02. The average Bonchev–Trinajstić information content (AvgIpc) is 2.28. The summed E-state index contributed by atoms with van der Waals surface area (Å²) in [6.45, 7) is 3.90. The highest BCUT2D eigenvalue weighted by Gasteiger charge is 2.33. The van der Waals surface area contributed by atoms with Gasteiger partial charge in [0.25, 0.3) is 0 Å². The summed E-state index contributed by atoms with van der Waals surface area (Å²) in [4.78, 5) is 0. The summed E-state index contributed by atoms with van der Waals surface area (Å²) < 4.78 is 5.54. The molecule has 1 aliphatic rings. The predicted octanol–water partition coefficient (Wildman–Crippen LogP) is 4.20. The van der Waals surface area contributed by atoms with Crippen LogP contribution in [0.2, 0.25) is 5.02 Å². The Labute approximate surface area is 118 Å². The van der Waals surface area contributed by atoms with Gasteiger partial charge in [0, 0.05) is 16.1 Å². The molecule has 100 valence electrons. The summed E-state index contributed by atoms with van der Waals surface area (Å²) in [7, 11) is 1.66. The Kier molecular flexibility index (Phi) is 4.10. The van der Waals surface area contributed by atoms with Crippen molar-refractivity contribution in [1.29, 1.82) is 0 Å². The van der Waals surface area contributed by atoms with Gasteiger partial charge in [-0.05, 0) is 44.2 Å². The third kappa shape index (κ3) is 2.34. The summed E-state index contributed by atoms with van der Waals surface area (Å²) in [5.74, 6) is 1.15. The highest BCUT2D eigenvalue weighted by molar-refractivity contribution is 6.31. The highest BCUT2D eigenvalue weighted by atomic mass is 35.5. The molecular weight excluding hydrogens is 271 g/mol. The first-order valence-electron chi connectivity index (χ1n) is 6.14. The van der Waals surface area contributed by atoms with Gasteiger partial charge in [-0.15, -0.1) is 11.6 Å². The largest absolute Gasteiger partial charge is 0.496 e. The number of halogens is 2. The molecule has 0 aliphatic heterocycles. The lowest BCUT2D eigenvalue weighted by Crippen LogP contribution is -2.27. The summed E-state index contributed by atoms with van der Waals surface area (Å²) in [5.41, 5.74) is 3.07. The Balaban J connectivity index is 2.54. The Bertz CT molecular complexity index is 452. The van der Waals surface area contributed by atoms with Gasteiger partial charge in [-0.25, -0.2) is 0 Å². The molecule has 1 saturated carbocycles. The van der Waals surface area contributed by atoms with Crippen LogP contribution >= 0.6 is 23.2 Å². The normalized spacial score (nSPS) is 24.6. The van der Waals surface area contributed by atoms with Gasteiger partial charge in [0.15, 0.2) is 0 Å². The molecule has 2 rings (SSSR count). The molecule has 2 nitrogen and oxygen atoms in total. The summed E-state index contributed by atoms with van der Waals surface area (Å²) >= 11 is 12.5. The Morgan fingerprint density at radius 1 is 1.44 bits per heavy atom. The molecule has 0 amide bonds. The quantitative estimate of drug-likeness (QED) is 0.845. The Hall–Kier alpha value is -0.440. The fourth-order valence-corrected chi connectivity index (χ4v) is 2.98. The van der Waals surface area contributed by atoms with Crippen LogP contribution in [0.4, 0.5) is 0 Å². The molecule has 1 atom stereocenters. The summed E-state index contributed by atoms with van der Waals surface area (Å²) in [5, 5.41) is 10.0. The van der Waals surface area contributed by atoms with Gasteiger partial charge in [0.1, 0.15) is 5.75 Å². The second kappa shape index (κ2) is 5.28. The minimum absolute atomic E-state index is 0.151. The standard InChI is InChI=1S/C14H18Cl2O2/c1-7-12(16)6-11(8(2)15)14(18-3)13(7)9-4-10(17)5-9/h6,8-10,17H,4-5H2,1-3H3. The van der Waals surface area contributed by atoms with Crippen LogP contribution in [-0.2, 0) is 0 Å². The van der Waals surface area contributed by atoms with E-state index in [0.29, 0.717) is 5.92 Å². The zero-order chi connectivity index (χ0) is 13.4. The maximum absolute atomic E-state index is 9.48. The molecule has 0 bridgehead atoms. The van der Waals surface area contributed by atoms with Crippen LogP contribution in [0.1, 0.15) is 47.8 Å². The van der Waals surface area contributed by atoms with Gasteiger partial charge in [0.2, 0.25) is 0 Å². The first-order valence-corrected chi connectivity index (χ1v) is 6.96. The number of aliphatic hydroxyl groups excluding tert-OH is 1. The highest BCUT2D eigenvalue weighted by Crippen LogP contribution is 2.47. The molecule has 1 fully saturated rings. The number of hydrogen-bond acceptors (Lipinski definition) is 2. The molecule has 1 aromatic rings. The van der Waals surface area contributed by atoms with E-state index in [1.54, 1.807) is 7.11 Å². The smallest absolute Gasteiger partial charge is 0.127 e. The van der Waals surface area contributed by atoms with Crippen molar-refractivity contribution in [3.63, 3.8) is 0 Å². The van der Waals surface area contributed by atoms with Crippen LogP contribution < -0.4 is 4.74 Å². The molecule has 1 aliphatic carbocycles. The zero-order valence-electron chi connectivity index (χ0n) is 10.8. The van der Waals surface area contributed by atoms with Crippen molar-refractivity contribution in [2.45, 2.75) is 44.1 Å². The number of hydrogen-bond donors (Lipinski definition) is 1. The van der Waals surface area contributed by atoms with Crippen LogP contribution in [0.3, 0.4) is 0 Å². The van der Waals surface area contributed by atoms with Crippen LogP contribution in [0, 0.1) is 6.92 Å². The first-order chi connectivity index (χ1) is 8.45. The van der Waals surface area contributed by atoms with Gasteiger partial charge < -0.3 is 9.84 Å². The van der Waals surface area contributed by atoms with Gasteiger partial charge in [0.05, 0.1) is 18.6 Å². The minimum atomic E-state index is -0.199. The van der Waals surface area contributed by atoms with Crippen LogP contribution in [0.25, 0.3) is 0 Å². The molecule has 0 saturated heterocycles. The van der Waals surface area contributed by atoms with Crippen LogP contribution in [0.15, 0.2) is 6.07 Å². The predicted molar refractivity (Wildman–Crippen MR) is 75.0 cm³/mol. The number of alkyl halides is 1. The number of benzene rings is 1. The molecule has 1 unspecified atom stereocenters. The molecule has 0 heterocycles. The van der Waals surface area contributed by atoms with Crippen molar-refractivity contribution in [2.75, 3.05) is 7.11 Å². The fraction of sp³-hybridized carbons (Fsp3) is 0.571. The van der Waals surface area contributed by atoms with E-state index in [0.717, 1.165) is 40.3 Å². The monoisotopic (exact) mass is 288 g/mol. The van der Waals surface area contributed by atoms with Crippen LogP contribution in [-0.4, -0.2) is 18.3 Å². The summed E-state index contributed by atoms with van der Waals surface area (Å²) in [6.07, 6.45) is 1.34. The minimum Gasteiger partial charge on any atom is -0.496 e. The van der Waals surface area contributed by atoms with E-state index < -0.39 is 0 Å². The lowest BCUT2D eigenvalue weighted by atomic mass is 9.75. The van der Waals surface area contributed by atoms with E-state index in [-0.39, 0.29) is 11.5 Å². The Morgan fingerprint density at radius 2 is 2.06 bits per heavy atom. The van der Waals surface area contributed by atoms with Crippen molar-refractivity contribution < 1.29 is 9.84 Å². The topological polar surface area (TPSA) is 29.5 Å². The third-order valence-corrected chi connectivity index (χ3v) is 4.33. The van der Waals surface area contributed by atoms with E-state index in [4.69, 9.17) is 27.9 Å². The number of rotatable bonds is 3. The first kappa shape index (κ1) is 14.0. The third-order valence-electron chi connectivity index (χ3n) is 3.71. The molecule has 4 heteroatoms. The molecule has 0 aromatic heterocycles. The van der Waals surface area contributed by atoms with E-state index in [9.17, 15) is 5.11 Å². The van der Waals surface area contributed by atoms with E-state index >= 15 is 0 Å². The molecule has 1 N–H and O–H groups in total. The van der Waals surface area contributed by atoms with Crippen LogP contribution in [0.5, 0.6) is 5.75 Å². The number of ether oxygens (including phenoxy) is 1. The number of aliphatic hydroxyl groups is 1. The second-order valence-electron chi connectivity index (χ2n) is 4.96. The fourth-order valence-electron chi connectivity index (χ4n) is 2.60. The molecule has 18 heavy (non-hydrogen) atoms. The van der Waals surface area contributed by atoms with Crippen molar-refractivity contribution in [3.05, 3.63) is 27.8 Å². The lowest BCUT2D eigenvalue weighted by Gasteiger charge is -2.34. The van der Waals surface area contributed by atoms with Gasteiger partial charge in [-0.1, -0.05) is 11.6 Å². The van der Waals surface area contributed by atoms with E-state index in [1.165, 1.54) is 0 Å². The average molecular weight is 289 g/mol. The van der Waals surface area contributed by atoms with Gasteiger partial charge in [-0.2, -0.15) is 0 Å². The van der Waals surface area contributed by atoms with Crippen molar-refractivity contribution in [3.8, 4) is 5.75 Å². The number of methoxy groups -OCH3 is 1. The summed E-state index contributed by atoms with van der Waals surface area (Å²) in [6, 6.07) is 1.88. The molecule has 0 radical (unpaired) electrons. The zero-order valence-corrected chi connectivity index (χ0v) is 12.3. The SMILES string of the molecule is COc1c(C(C)Cl)cc(Cl)c(C)c1C1CC(O)C1. The van der Waals surface area contributed by atoms with Gasteiger partial charge >= 0.3 is 0 Å². The van der Waals surface area contributed by atoms with E-state index in [1.807, 2.05) is 19.9 Å². The van der Waals surface area contributed by atoms with Gasteiger partial charge in [-0.3, -0.25) is 0 Å². The molecular formula is C14H18Cl2O2.